The molecule has 2 fully saturated rings. The number of carbonyl (C=O) groups excluding carboxylic acids is 2. The zero-order chi connectivity index (χ0) is 21.7. The average molecular weight is 421 g/mol. The molecule has 0 spiro atoms. The van der Waals surface area contributed by atoms with E-state index in [0.717, 1.165) is 13.1 Å². The van der Waals surface area contributed by atoms with Crippen molar-refractivity contribution in [3.8, 4) is 0 Å². The number of piperazine rings is 1. The molecule has 30 heavy (non-hydrogen) atoms. The third kappa shape index (κ3) is 5.45. The Morgan fingerprint density at radius 1 is 1.23 bits per heavy atom. The van der Waals surface area contributed by atoms with Gasteiger partial charge in [0.05, 0.1) is 18.3 Å². The van der Waals surface area contributed by atoms with E-state index in [9.17, 15) is 14.0 Å². The number of amidine groups is 1. The number of hydrogen-bond donors (Lipinski definition) is 2. The molecule has 2 saturated heterocycles. The molecular formula is C20H28FN5O4. The maximum atomic E-state index is 14.9. The van der Waals surface area contributed by atoms with Crippen molar-refractivity contribution in [3.63, 3.8) is 0 Å². The van der Waals surface area contributed by atoms with Crippen LogP contribution in [0.5, 0.6) is 0 Å². The number of benzene rings is 1. The number of carbonyl (C=O) groups is 2. The Labute approximate surface area is 175 Å². The normalized spacial score (nSPS) is 17.5. The quantitative estimate of drug-likeness (QED) is 0.350. The smallest absolute Gasteiger partial charge is 0.313 e. The van der Waals surface area contributed by atoms with Crippen molar-refractivity contribution < 1.29 is 23.5 Å². The molecule has 0 radical (unpaired) electrons. The van der Waals surface area contributed by atoms with Gasteiger partial charge in [0, 0.05) is 51.9 Å². The predicted molar refractivity (Wildman–Crippen MR) is 109 cm³/mol. The van der Waals surface area contributed by atoms with E-state index in [1.54, 1.807) is 25.3 Å². The van der Waals surface area contributed by atoms with Crippen molar-refractivity contribution in [2.75, 3.05) is 57.8 Å². The van der Waals surface area contributed by atoms with Crippen LogP contribution in [-0.4, -0.2) is 86.5 Å². The van der Waals surface area contributed by atoms with Gasteiger partial charge in [0.2, 0.25) is 5.91 Å². The minimum atomic E-state index is -0.668. The van der Waals surface area contributed by atoms with Gasteiger partial charge in [0.1, 0.15) is 18.9 Å². The average Bonchev–Trinajstić information content (AvgIpc) is 2.69. The first-order valence-electron chi connectivity index (χ1n) is 9.91. The highest BCUT2D eigenvalue weighted by Crippen LogP contribution is 2.24. The van der Waals surface area contributed by atoms with E-state index < -0.39 is 11.8 Å². The molecule has 10 heteroatoms. The minimum Gasteiger partial charge on any atom is -0.460 e. The second-order valence-electron chi connectivity index (χ2n) is 7.53. The van der Waals surface area contributed by atoms with E-state index >= 15 is 0 Å². The maximum Gasteiger partial charge on any atom is 0.313 e. The van der Waals surface area contributed by atoms with Gasteiger partial charge in [-0.15, -0.1) is 0 Å². The number of nitrogens with one attached hydrogen (secondary N) is 1. The number of methoxy groups -OCH3 is 1. The van der Waals surface area contributed by atoms with Crippen molar-refractivity contribution >= 4 is 23.4 Å². The van der Waals surface area contributed by atoms with Crippen molar-refractivity contribution in [1.82, 2.24) is 9.80 Å². The molecule has 2 aliphatic rings. The number of rotatable bonds is 8. The molecule has 0 aliphatic carbocycles. The van der Waals surface area contributed by atoms with Gasteiger partial charge in [-0.3, -0.25) is 19.9 Å². The summed E-state index contributed by atoms with van der Waals surface area (Å²) >= 11 is 0. The molecule has 0 unspecified atom stereocenters. The van der Waals surface area contributed by atoms with Gasteiger partial charge in [-0.05, 0) is 6.07 Å². The third-order valence-corrected chi connectivity index (χ3v) is 5.37. The van der Waals surface area contributed by atoms with Gasteiger partial charge in [-0.25, -0.2) is 4.39 Å². The topological polar surface area (TPSA) is 112 Å². The molecule has 0 atom stereocenters. The number of esters is 1. The lowest BCUT2D eigenvalue weighted by atomic mass is 10.1. The summed E-state index contributed by atoms with van der Waals surface area (Å²) in [4.78, 5) is 29.8. The summed E-state index contributed by atoms with van der Waals surface area (Å²) in [6.45, 7) is 3.81. The van der Waals surface area contributed by atoms with Gasteiger partial charge in [-0.1, -0.05) is 12.1 Å². The maximum absolute atomic E-state index is 14.9. The molecule has 0 aromatic heterocycles. The highest BCUT2D eigenvalue weighted by molar-refractivity contribution is 5.94. The number of amides is 1. The number of hydrogen-bond acceptors (Lipinski definition) is 7. The molecule has 3 N–H and O–H groups in total. The van der Waals surface area contributed by atoms with Crippen LogP contribution in [0.2, 0.25) is 0 Å². The second-order valence-corrected chi connectivity index (χ2v) is 7.53. The summed E-state index contributed by atoms with van der Waals surface area (Å²) in [5.41, 5.74) is 5.84. The first-order chi connectivity index (χ1) is 14.4. The number of nitrogens with zero attached hydrogens (tertiary/aromatic N) is 3. The molecule has 0 bridgehead atoms. The van der Waals surface area contributed by atoms with Crippen LogP contribution in [0.15, 0.2) is 18.2 Å². The molecule has 9 nitrogen and oxygen atoms in total. The number of ether oxygens (including phenoxy) is 2. The fraction of sp³-hybridized carbons (Fsp3) is 0.550. The summed E-state index contributed by atoms with van der Waals surface area (Å²) in [6.07, 6.45) is -0.104. The molecule has 2 aliphatic heterocycles. The molecular weight excluding hydrogens is 393 g/mol. The van der Waals surface area contributed by atoms with Gasteiger partial charge in [0.15, 0.2) is 5.82 Å². The van der Waals surface area contributed by atoms with Crippen molar-refractivity contribution in [3.05, 3.63) is 29.6 Å². The fourth-order valence-electron chi connectivity index (χ4n) is 3.58. The summed E-state index contributed by atoms with van der Waals surface area (Å²) in [5.74, 6) is -1.33. The highest BCUT2D eigenvalue weighted by atomic mass is 19.1. The van der Waals surface area contributed by atoms with Crippen molar-refractivity contribution in [1.29, 1.82) is 5.41 Å². The highest BCUT2D eigenvalue weighted by Gasteiger charge is 2.30. The van der Waals surface area contributed by atoms with E-state index in [2.05, 4.69) is 4.90 Å². The Hall–Kier alpha value is -2.72. The molecule has 0 saturated carbocycles. The zero-order valence-electron chi connectivity index (χ0n) is 17.1. The summed E-state index contributed by atoms with van der Waals surface area (Å²) in [6, 6.07) is 4.94. The third-order valence-electron chi connectivity index (χ3n) is 5.37. The van der Waals surface area contributed by atoms with Crippen LogP contribution < -0.4 is 10.6 Å². The van der Waals surface area contributed by atoms with Crippen LogP contribution in [0, 0.1) is 11.2 Å². The van der Waals surface area contributed by atoms with Gasteiger partial charge in [0.25, 0.3) is 0 Å². The van der Waals surface area contributed by atoms with Crippen LogP contribution in [0.3, 0.4) is 0 Å². The standard InChI is InChI=1S/C20H28FN5O4/c1-29-15-10-24(11-15)12-18(27)26-7-5-25(6-8-26)16-4-2-3-14(20(16)21)13-30-19(28)9-17(22)23/h2-4,15H,5-13H2,1H3,(H3,22,23). The number of nitrogens with two attached hydrogens (primary N) is 1. The molecule has 1 amide bonds. The number of likely N-dealkylation sites (tertiary alicyclic amines) is 1. The Kier molecular flexibility index (Phi) is 7.22. The zero-order valence-corrected chi connectivity index (χ0v) is 17.1. The van der Waals surface area contributed by atoms with E-state index in [4.69, 9.17) is 20.6 Å². The fourth-order valence-corrected chi connectivity index (χ4v) is 3.58. The van der Waals surface area contributed by atoms with Crippen LogP contribution in [0.4, 0.5) is 10.1 Å². The Bertz CT molecular complexity index is 791. The Morgan fingerprint density at radius 2 is 1.93 bits per heavy atom. The summed E-state index contributed by atoms with van der Waals surface area (Å²) in [5, 5.41) is 7.09. The second kappa shape index (κ2) is 9.86. The molecule has 3 rings (SSSR count). The summed E-state index contributed by atoms with van der Waals surface area (Å²) in [7, 11) is 1.67. The summed E-state index contributed by atoms with van der Waals surface area (Å²) < 4.78 is 25.1. The number of anilines is 1. The van der Waals surface area contributed by atoms with Crippen molar-refractivity contribution in [2.45, 2.75) is 19.1 Å². The Morgan fingerprint density at radius 3 is 2.57 bits per heavy atom. The van der Waals surface area contributed by atoms with Crippen LogP contribution in [0.25, 0.3) is 0 Å². The molecule has 1 aromatic carbocycles. The van der Waals surface area contributed by atoms with E-state index in [-0.39, 0.29) is 36.4 Å². The predicted octanol–water partition coefficient (Wildman–Crippen LogP) is 0.174. The number of halogens is 1. The van der Waals surface area contributed by atoms with E-state index in [1.807, 2.05) is 9.80 Å². The molecule has 1 aromatic rings. The van der Waals surface area contributed by atoms with E-state index in [1.165, 1.54) is 0 Å². The first kappa shape index (κ1) is 22.0. The lowest BCUT2D eigenvalue weighted by Crippen LogP contribution is -2.57. The van der Waals surface area contributed by atoms with Gasteiger partial charge < -0.3 is 25.0 Å². The SMILES string of the molecule is COC1CN(CC(=O)N2CCN(c3cccc(COC(=O)CC(=N)N)c3F)CC2)C1. The van der Waals surface area contributed by atoms with Crippen LogP contribution in [0.1, 0.15) is 12.0 Å². The first-order valence-corrected chi connectivity index (χ1v) is 9.91. The Balaban J connectivity index is 1.51. The van der Waals surface area contributed by atoms with Crippen LogP contribution >= 0.6 is 0 Å². The molecule has 2 heterocycles. The lowest BCUT2D eigenvalue weighted by Gasteiger charge is -2.40. The van der Waals surface area contributed by atoms with Gasteiger partial charge in [-0.2, -0.15) is 0 Å². The molecule has 164 valence electrons. The van der Waals surface area contributed by atoms with Crippen molar-refractivity contribution in [2.24, 2.45) is 5.73 Å². The van der Waals surface area contributed by atoms with Crippen LogP contribution in [-0.2, 0) is 25.7 Å². The minimum absolute atomic E-state index is 0.0795. The largest absolute Gasteiger partial charge is 0.460 e. The van der Waals surface area contributed by atoms with E-state index in [0.29, 0.717) is 38.4 Å². The lowest BCUT2D eigenvalue weighted by molar-refractivity contribution is -0.143. The van der Waals surface area contributed by atoms with Gasteiger partial charge >= 0.3 is 5.97 Å². The monoisotopic (exact) mass is 421 g/mol.